The van der Waals surface area contributed by atoms with Gasteiger partial charge < -0.3 is 10.6 Å². The lowest BCUT2D eigenvalue weighted by atomic mass is 10.1. The number of amides is 1. The normalized spacial score (nSPS) is 10.3. The summed E-state index contributed by atoms with van der Waals surface area (Å²) in [5.74, 6) is -0.114. The van der Waals surface area contributed by atoms with Crippen molar-refractivity contribution in [3.8, 4) is 0 Å². The van der Waals surface area contributed by atoms with Crippen molar-refractivity contribution in [3.63, 3.8) is 0 Å². The SMILES string of the molecule is CNCc1cccc(NC(=O)c2cc(I)ccc2Br)c1. The molecule has 0 aliphatic rings. The first-order valence-corrected chi connectivity index (χ1v) is 7.97. The van der Waals surface area contributed by atoms with Gasteiger partial charge in [0.25, 0.3) is 5.91 Å². The van der Waals surface area contributed by atoms with Gasteiger partial charge in [0.2, 0.25) is 0 Å². The van der Waals surface area contributed by atoms with Gasteiger partial charge in [0, 0.05) is 20.3 Å². The Balaban J connectivity index is 2.19. The summed E-state index contributed by atoms with van der Waals surface area (Å²) in [5, 5.41) is 6.02. The lowest BCUT2D eigenvalue weighted by Crippen LogP contribution is -2.13. The van der Waals surface area contributed by atoms with Gasteiger partial charge in [-0.2, -0.15) is 0 Å². The number of hydrogen-bond acceptors (Lipinski definition) is 2. The quantitative estimate of drug-likeness (QED) is 0.699. The van der Waals surface area contributed by atoms with Crippen LogP contribution in [0.1, 0.15) is 15.9 Å². The molecule has 0 spiro atoms. The van der Waals surface area contributed by atoms with E-state index in [1.54, 1.807) is 0 Å². The van der Waals surface area contributed by atoms with Crippen LogP contribution in [0.15, 0.2) is 46.9 Å². The zero-order valence-electron chi connectivity index (χ0n) is 10.9. The van der Waals surface area contributed by atoms with Crippen LogP contribution in [0, 0.1) is 3.57 Å². The molecule has 0 radical (unpaired) electrons. The average molecular weight is 445 g/mol. The molecule has 0 aliphatic heterocycles. The number of benzene rings is 2. The van der Waals surface area contributed by atoms with E-state index < -0.39 is 0 Å². The van der Waals surface area contributed by atoms with E-state index in [2.05, 4.69) is 49.2 Å². The smallest absolute Gasteiger partial charge is 0.256 e. The summed E-state index contributed by atoms with van der Waals surface area (Å²) < 4.78 is 1.82. The molecular formula is C15H14BrIN2O. The fourth-order valence-corrected chi connectivity index (χ4v) is 2.75. The second kappa shape index (κ2) is 7.19. The highest BCUT2D eigenvalue weighted by Gasteiger charge is 2.11. The number of carbonyl (C=O) groups is 1. The Hall–Kier alpha value is -0.920. The zero-order valence-corrected chi connectivity index (χ0v) is 14.7. The fourth-order valence-electron chi connectivity index (χ4n) is 1.83. The minimum absolute atomic E-state index is 0.114. The van der Waals surface area contributed by atoms with Gasteiger partial charge in [0.15, 0.2) is 0 Å². The molecule has 104 valence electrons. The largest absolute Gasteiger partial charge is 0.322 e. The maximum Gasteiger partial charge on any atom is 0.256 e. The first-order chi connectivity index (χ1) is 9.60. The summed E-state index contributed by atoms with van der Waals surface area (Å²) in [6.45, 7) is 0.774. The lowest BCUT2D eigenvalue weighted by Gasteiger charge is -2.09. The van der Waals surface area contributed by atoms with Crippen LogP contribution in [0.3, 0.4) is 0 Å². The molecule has 0 unspecified atom stereocenters. The molecule has 3 nitrogen and oxygen atoms in total. The van der Waals surface area contributed by atoms with Gasteiger partial charge in [-0.15, -0.1) is 0 Å². The highest BCUT2D eigenvalue weighted by molar-refractivity contribution is 14.1. The third kappa shape index (κ3) is 4.04. The van der Waals surface area contributed by atoms with Crippen LogP contribution in [0.25, 0.3) is 0 Å². The van der Waals surface area contributed by atoms with Crippen molar-refractivity contribution in [2.75, 3.05) is 12.4 Å². The van der Waals surface area contributed by atoms with E-state index in [0.29, 0.717) is 5.56 Å². The van der Waals surface area contributed by atoms with E-state index in [1.165, 1.54) is 0 Å². The molecule has 2 aromatic rings. The van der Waals surface area contributed by atoms with E-state index in [-0.39, 0.29) is 5.91 Å². The molecule has 0 atom stereocenters. The third-order valence-corrected chi connectivity index (χ3v) is 4.10. The van der Waals surface area contributed by atoms with Crippen LogP contribution >= 0.6 is 38.5 Å². The second-order valence-electron chi connectivity index (χ2n) is 4.31. The molecule has 2 aromatic carbocycles. The van der Waals surface area contributed by atoms with Crippen molar-refractivity contribution in [1.82, 2.24) is 5.32 Å². The zero-order chi connectivity index (χ0) is 14.5. The van der Waals surface area contributed by atoms with E-state index in [1.807, 2.05) is 49.5 Å². The molecule has 20 heavy (non-hydrogen) atoms. The van der Waals surface area contributed by atoms with Crippen LogP contribution in [-0.4, -0.2) is 13.0 Å². The summed E-state index contributed by atoms with van der Waals surface area (Å²) in [7, 11) is 1.90. The molecular weight excluding hydrogens is 431 g/mol. The van der Waals surface area contributed by atoms with Crippen molar-refractivity contribution in [2.24, 2.45) is 0 Å². The number of rotatable bonds is 4. The van der Waals surface area contributed by atoms with Crippen LogP contribution < -0.4 is 10.6 Å². The summed E-state index contributed by atoms with van der Waals surface area (Å²) in [4.78, 5) is 12.3. The van der Waals surface area contributed by atoms with Crippen LogP contribution in [0.5, 0.6) is 0 Å². The van der Waals surface area contributed by atoms with Crippen molar-refractivity contribution in [3.05, 3.63) is 61.6 Å². The molecule has 2 N–H and O–H groups in total. The topological polar surface area (TPSA) is 41.1 Å². The summed E-state index contributed by atoms with van der Waals surface area (Å²) in [5.41, 5.74) is 2.57. The Bertz CT molecular complexity index is 631. The number of halogens is 2. The Morgan fingerprint density at radius 1 is 1.25 bits per heavy atom. The maximum absolute atomic E-state index is 12.3. The minimum atomic E-state index is -0.114. The average Bonchev–Trinajstić information content (AvgIpc) is 2.42. The number of nitrogens with one attached hydrogen (secondary N) is 2. The molecule has 0 saturated carbocycles. The lowest BCUT2D eigenvalue weighted by molar-refractivity contribution is 0.102. The summed E-state index contributed by atoms with van der Waals surface area (Å²) in [6.07, 6.45) is 0. The van der Waals surface area contributed by atoms with Crippen molar-refractivity contribution >= 4 is 50.1 Å². The molecule has 1 amide bonds. The molecule has 0 aliphatic carbocycles. The van der Waals surface area contributed by atoms with Gasteiger partial charge in [0.05, 0.1) is 5.56 Å². The molecule has 2 rings (SSSR count). The van der Waals surface area contributed by atoms with Crippen molar-refractivity contribution in [2.45, 2.75) is 6.54 Å². The van der Waals surface area contributed by atoms with E-state index in [0.717, 1.165) is 25.8 Å². The third-order valence-electron chi connectivity index (χ3n) is 2.74. The van der Waals surface area contributed by atoms with E-state index in [9.17, 15) is 4.79 Å². The second-order valence-corrected chi connectivity index (χ2v) is 6.41. The van der Waals surface area contributed by atoms with Crippen molar-refractivity contribution in [1.29, 1.82) is 0 Å². The van der Waals surface area contributed by atoms with Crippen LogP contribution in [0.4, 0.5) is 5.69 Å². The molecule has 0 fully saturated rings. The monoisotopic (exact) mass is 444 g/mol. The van der Waals surface area contributed by atoms with E-state index >= 15 is 0 Å². The molecule has 0 bridgehead atoms. The standard InChI is InChI=1S/C15H14BrIN2O/c1-18-9-10-3-2-4-12(7-10)19-15(20)13-8-11(17)5-6-14(13)16/h2-8,18H,9H2,1H3,(H,19,20). The maximum atomic E-state index is 12.3. The Morgan fingerprint density at radius 3 is 2.80 bits per heavy atom. The fraction of sp³-hybridized carbons (Fsp3) is 0.133. The molecule has 5 heteroatoms. The first kappa shape index (κ1) is 15.5. The molecule has 0 heterocycles. The van der Waals surface area contributed by atoms with Gasteiger partial charge >= 0.3 is 0 Å². The van der Waals surface area contributed by atoms with Gasteiger partial charge in [-0.1, -0.05) is 12.1 Å². The first-order valence-electron chi connectivity index (χ1n) is 6.10. The Labute approximate surface area is 140 Å². The van der Waals surface area contributed by atoms with Crippen LogP contribution in [-0.2, 0) is 6.54 Å². The van der Waals surface area contributed by atoms with Gasteiger partial charge in [0.1, 0.15) is 0 Å². The summed E-state index contributed by atoms with van der Waals surface area (Å²) in [6, 6.07) is 13.5. The van der Waals surface area contributed by atoms with Crippen LogP contribution in [0.2, 0.25) is 0 Å². The van der Waals surface area contributed by atoms with Gasteiger partial charge in [-0.05, 0) is 81.5 Å². The van der Waals surface area contributed by atoms with Crippen molar-refractivity contribution < 1.29 is 4.79 Å². The predicted molar refractivity (Wildman–Crippen MR) is 94.0 cm³/mol. The molecule has 0 saturated heterocycles. The predicted octanol–water partition coefficient (Wildman–Crippen LogP) is 4.03. The Morgan fingerprint density at radius 2 is 2.05 bits per heavy atom. The summed E-state index contributed by atoms with van der Waals surface area (Å²) >= 11 is 5.60. The number of carbonyl (C=O) groups excluding carboxylic acids is 1. The highest BCUT2D eigenvalue weighted by Crippen LogP contribution is 2.21. The number of hydrogen-bond donors (Lipinski definition) is 2. The molecule has 0 aromatic heterocycles. The van der Waals surface area contributed by atoms with Gasteiger partial charge in [-0.3, -0.25) is 4.79 Å². The minimum Gasteiger partial charge on any atom is -0.322 e. The highest BCUT2D eigenvalue weighted by atomic mass is 127. The Kier molecular flexibility index (Phi) is 5.56. The number of anilines is 1. The van der Waals surface area contributed by atoms with E-state index in [4.69, 9.17) is 0 Å². The van der Waals surface area contributed by atoms with Gasteiger partial charge in [-0.25, -0.2) is 0 Å².